The summed E-state index contributed by atoms with van der Waals surface area (Å²) in [7, 11) is 0. The maximum Gasteiger partial charge on any atom is 0.125 e. The van der Waals surface area contributed by atoms with Crippen LogP contribution in [0.25, 0.3) is 0 Å². The van der Waals surface area contributed by atoms with E-state index < -0.39 is 0 Å². The highest BCUT2D eigenvalue weighted by atomic mass is 16.3. The molecular formula is C13H24O2. The van der Waals surface area contributed by atoms with E-state index in [1.54, 1.807) is 0 Å². The van der Waals surface area contributed by atoms with Crippen LogP contribution >= 0.6 is 0 Å². The highest BCUT2D eigenvalue weighted by Crippen LogP contribution is 2.20. The lowest BCUT2D eigenvalue weighted by atomic mass is 9.92. The van der Waals surface area contributed by atoms with Crippen LogP contribution in [-0.4, -0.2) is 17.5 Å². The molecule has 2 nitrogen and oxygen atoms in total. The third-order valence-corrected chi connectivity index (χ3v) is 3.46. The fourth-order valence-electron chi connectivity index (χ4n) is 2.36. The van der Waals surface area contributed by atoms with Gasteiger partial charge in [0, 0.05) is 5.92 Å². The Hall–Kier alpha value is -0.370. The summed E-state index contributed by atoms with van der Waals surface area (Å²) in [5.41, 5.74) is 0. The Bertz CT molecular complexity index is 168. The first-order valence-electron chi connectivity index (χ1n) is 6.48. The first-order chi connectivity index (χ1) is 7.34. The first kappa shape index (κ1) is 12.7. The van der Waals surface area contributed by atoms with Crippen molar-refractivity contribution in [3.63, 3.8) is 0 Å². The molecule has 15 heavy (non-hydrogen) atoms. The van der Waals surface area contributed by atoms with Gasteiger partial charge in [-0.15, -0.1) is 0 Å². The predicted octanol–water partition coefficient (Wildman–Crippen LogP) is 3.08. The zero-order valence-corrected chi connectivity index (χ0v) is 9.66. The van der Waals surface area contributed by atoms with Gasteiger partial charge in [-0.3, -0.25) is 0 Å². The summed E-state index contributed by atoms with van der Waals surface area (Å²) in [4.78, 5) is 10.8. The van der Waals surface area contributed by atoms with Crippen molar-refractivity contribution in [2.45, 2.75) is 70.3 Å². The molecule has 0 amide bonds. The van der Waals surface area contributed by atoms with Crippen molar-refractivity contribution >= 4 is 6.29 Å². The number of carbonyl (C=O) groups excluding carboxylic acids is 1. The van der Waals surface area contributed by atoms with Gasteiger partial charge in [-0.05, 0) is 12.8 Å². The summed E-state index contributed by atoms with van der Waals surface area (Å²) < 4.78 is 0. The van der Waals surface area contributed by atoms with Crippen LogP contribution in [-0.2, 0) is 4.79 Å². The molecule has 0 spiro atoms. The summed E-state index contributed by atoms with van der Waals surface area (Å²) in [6.07, 6.45) is 12.1. The molecule has 2 heteroatoms. The Balaban J connectivity index is 2.34. The lowest BCUT2D eigenvalue weighted by molar-refractivity contribution is -0.114. The van der Waals surface area contributed by atoms with E-state index in [1.807, 2.05) is 0 Å². The Labute approximate surface area is 93.1 Å². The van der Waals surface area contributed by atoms with Crippen molar-refractivity contribution in [1.29, 1.82) is 0 Å². The summed E-state index contributed by atoms with van der Waals surface area (Å²) in [6, 6.07) is 0. The molecule has 0 aromatic heterocycles. The summed E-state index contributed by atoms with van der Waals surface area (Å²) >= 11 is 0. The van der Waals surface area contributed by atoms with Crippen LogP contribution in [0.1, 0.15) is 64.2 Å². The number of rotatable bonds is 1. The Kier molecular flexibility index (Phi) is 6.66. The van der Waals surface area contributed by atoms with E-state index in [0.717, 1.165) is 32.0 Å². The van der Waals surface area contributed by atoms with Gasteiger partial charge in [0.05, 0.1) is 6.10 Å². The zero-order chi connectivity index (χ0) is 10.9. The minimum absolute atomic E-state index is 0.107. The highest BCUT2D eigenvalue weighted by Gasteiger charge is 2.17. The molecule has 2 unspecified atom stereocenters. The first-order valence-corrected chi connectivity index (χ1v) is 6.48. The quantitative estimate of drug-likeness (QED) is 0.678. The van der Waals surface area contributed by atoms with Gasteiger partial charge in [0.1, 0.15) is 6.29 Å². The lowest BCUT2D eigenvalue weighted by Gasteiger charge is -2.18. The van der Waals surface area contributed by atoms with Gasteiger partial charge >= 0.3 is 0 Å². The molecule has 88 valence electrons. The average molecular weight is 212 g/mol. The van der Waals surface area contributed by atoms with Gasteiger partial charge in [-0.25, -0.2) is 0 Å². The molecule has 1 aliphatic carbocycles. The minimum atomic E-state index is -0.387. The van der Waals surface area contributed by atoms with Crippen molar-refractivity contribution in [2.75, 3.05) is 0 Å². The third kappa shape index (κ3) is 5.31. The second kappa shape index (κ2) is 7.86. The molecular weight excluding hydrogens is 188 g/mol. The van der Waals surface area contributed by atoms with E-state index in [-0.39, 0.29) is 12.0 Å². The fraction of sp³-hybridized carbons (Fsp3) is 0.923. The van der Waals surface area contributed by atoms with Gasteiger partial charge in [-0.2, -0.15) is 0 Å². The topological polar surface area (TPSA) is 37.3 Å². The van der Waals surface area contributed by atoms with Gasteiger partial charge in [0.2, 0.25) is 0 Å². The molecule has 1 rings (SSSR count). The molecule has 0 bridgehead atoms. The molecule has 1 saturated carbocycles. The van der Waals surface area contributed by atoms with Gasteiger partial charge in [-0.1, -0.05) is 51.4 Å². The maximum absolute atomic E-state index is 10.8. The SMILES string of the molecule is O=CC1CCCCCCCCCCC1O. The lowest BCUT2D eigenvalue weighted by Crippen LogP contribution is -2.21. The third-order valence-electron chi connectivity index (χ3n) is 3.46. The molecule has 0 radical (unpaired) electrons. The van der Waals surface area contributed by atoms with E-state index in [4.69, 9.17) is 0 Å². The van der Waals surface area contributed by atoms with Crippen molar-refractivity contribution < 1.29 is 9.90 Å². The Morgan fingerprint density at radius 3 is 1.80 bits per heavy atom. The number of hydrogen-bond donors (Lipinski definition) is 1. The fourth-order valence-corrected chi connectivity index (χ4v) is 2.36. The Morgan fingerprint density at radius 1 is 0.800 bits per heavy atom. The van der Waals surface area contributed by atoms with Crippen molar-refractivity contribution in [3.8, 4) is 0 Å². The molecule has 0 saturated heterocycles. The standard InChI is InChI=1S/C13H24O2/c14-11-12-9-7-5-3-1-2-4-6-8-10-13(12)15/h11-13,15H,1-10H2. The molecule has 0 aliphatic heterocycles. The number of aliphatic hydroxyl groups is 1. The number of carbonyl (C=O) groups is 1. The van der Waals surface area contributed by atoms with Crippen LogP contribution in [0.5, 0.6) is 0 Å². The van der Waals surface area contributed by atoms with Crippen molar-refractivity contribution in [2.24, 2.45) is 5.92 Å². The van der Waals surface area contributed by atoms with E-state index in [2.05, 4.69) is 0 Å². The molecule has 1 N–H and O–H groups in total. The molecule has 1 aliphatic rings. The van der Waals surface area contributed by atoms with Crippen LogP contribution in [0, 0.1) is 5.92 Å². The molecule has 0 aromatic rings. The van der Waals surface area contributed by atoms with Crippen LogP contribution in [0.4, 0.5) is 0 Å². The molecule has 2 atom stereocenters. The molecule has 1 fully saturated rings. The van der Waals surface area contributed by atoms with Gasteiger partial charge in [0.15, 0.2) is 0 Å². The van der Waals surface area contributed by atoms with Crippen LogP contribution in [0.15, 0.2) is 0 Å². The smallest absolute Gasteiger partial charge is 0.125 e. The van der Waals surface area contributed by atoms with Crippen LogP contribution in [0.2, 0.25) is 0 Å². The average Bonchev–Trinajstić information content (AvgIpc) is 2.23. The zero-order valence-electron chi connectivity index (χ0n) is 9.66. The number of aliphatic hydroxyl groups excluding tert-OH is 1. The van der Waals surface area contributed by atoms with E-state index in [1.165, 1.54) is 38.5 Å². The number of aldehydes is 1. The van der Waals surface area contributed by atoms with Crippen LogP contribution in [0.3, 0.4) is 0 Å². The van der Waals surface area contributed by atoms with Crippen molar-refractivity contribution in [3.05, 3.63) is 0 Å². The van der Waals surface area contributed by atoms with E-state index in [9.17, 15) is 9.90 Å². The number of hydrogen-bond acceptors (Lipinski definition) is 2. The second-order valence-corrected chi connectivity index (χ2v) is 4.77. The summed E-state index contributed by atoms with van der Waals surface area (Å²) in [5, 5.41) is 9.82. The van der Waals surface area contributed by atoms with Crippen LogP contribution < -0.4 is 0 Å². The second-order valence-electron chi connectivity index (χ2n) is 4.77. The van der Waals surface area contributed by atoms with Crippen molar-refractivity contribution in [1.82, 2.24) is 0 Å². The monoisotopic (exact) mass is 212 g/mol. The Morgan fingerprint density at radius 2 is 1.27 bits per heavy atom. The van der Waals surface area contributed by atoms with E-state index >= 15 is 0 Å². The summed E-state index contributed by atoms with van der Waals surface area (Å²) in [5.74, 6) is -0.107. The van der Waals surface area contributed by atoms with Gasteiger partial charge in [0.25, 0.3) is 0 Å². The summed E-state index contributed by atoms with van der Waals surface area (Å²) in [6.45, 7) is 0. The minimum Gasteiger partial charge on any atom is -0.392 e. The normalized spacial score (nSPS) is 31.3. The predicted molar refractivity (Wildman–Crippen MR) is 61.7 cm³/mol. The van der Waals surface area contributed by atoms with Gasteiger partial charge < -0.3 is 9.90 Å². The molecule has 0 heterocycles. The van der Waals surface area contributed by atoms with E-state index in [0.29, 0.717) is 0 Å². The maximum atomic E-state index is 10.8. The highest BCUT2D eigenvalue weighted by molar-refractivity contribution is 5.54. The molecule has 0 aromatic carbocycles. The largest absolute Gasteiger partial charge is 0.392 e.